The molecule has 0 fully saturated rings. The fourth-order valence-electron chi connectivity index (χ4n) is 2.22. The van der Waals surface area contributed by atoms with Gasteiger partial charge in [0.25, 0.3) is 5.69 Å². The summed E-state index contributed by atoms with van der Waals surface area (Å²) >= 11 is 5.95. The van der Waals surface area contributed by atoms with Crippen molar-refractivity contribution in [2.45, 2.75) is 32.7 Å². The van der Waals surface area contributed by atoms with Gasteiger partial charge >= 0.3 is 0 Å². The normalized spacial score (nSPS) is 10.8. The monoisotopic (exact) mass is 286 g/mol. The van der Waals surface area contributed by atoms with Crippen LogP contribution in [-0.4, -0.2) is 29.2 Å². The largest absolute Gasteiger partial charge is 0.395 e. The molecule has 0 spiro atoms. The van der Waals surface area contributed by atoms with Gasteiger partial charge in [0, 0.05) is 23.7 Å². The first kappa shape index (κ1) is 15.7. The topological polar surface area (TPSA) is 66.6 Å². The lowest BCUT2D eigenvalue weighted by Crippen LogP contribution is -2.37. The highest BCUT2D eigenvalue weighted by Crippen LogP contribution is 2.33. The zero-order valence-corrected chi connectivity index (χ0v) is 11.9. The van der Waals surface area contributed by atoms with Crippen LogP contribution < -0.4 is 4.90 Å². The fraction of sp³-hybridized carbons (Fsp3) is 0.538. The Morgan fingerprint density at radius 1 is 1.42 bits per heavy atom. The van der Waals surface area contributed by atoms with Crippen molar-refractivity contribution >= 4 is 23.0 Å². The molecule has 0 saturated carbocycles. The summed E-state index contributed by atoms with van der Waals surface area (Å²) in [6, 6.07) is 4.65. The second kappa shape index (κ2) is 7.31. The number of aliphatic hydroxyl groups excluding tert-OH is 1. The summed E-state index contributed by atoms with van der Waals surface area (Å²) in [4.78, 5) is 12.6. The maximum Gasteiger partial charge on any atom is 0.292 e. The van der Waals surface area contributed by atoms with E-state index in [-0.39, 0.29) is 18.3 Å². The van der Waals surface area contributed by atoms with Gasteiger partial charge in [0.15, 0.2) is 0 Å². The third-order valence-electron chi connectivity index (χ3n) is 3.17. The molecule has 1 N–H and O–H groups in total. The first-order valence-corrected chi connectivity index (χ1v) is 6.74. The molecule has 0 heterocycles. The summed E-state index contributed by atoms with van der Waals surface area (Å²) in [6.07, 6.45) is 1.69. The highest BCUT2D eigenvalue weighted by molar-refractivity contribution is 6.31. The molecule has 0 amide bonds. The van der Waals surface area contributed by atoms with Crippen molar-refractivity contribution in [2.75, 3.05) is 18.1 Å². The van der Waals surface area contributed by atoms with Crippen molar-refractivity contribution in [3.05, 3.63) is 33.3 Å². The SMILES string of the molecule is CCC(CC)N(CCO)c1cc(Cl)ccc1[N+](=O)[O-]. The van der Waals surface area contributed by atoms with E-state index in [1.54, 1.807) is 6.07 Å². The van der Waals surface area contributed by atoms with Gasteiger partial charge in [-0.05, 0) is 25.0 Å². The summed E-state index contributed by atoms with van der Waals surface area (Å²) in [6.45, 7) is 4.34. The quantitative estimate of drug-likeness (QED) is 0.617. The number of halogens is 1. The summed E-state index contributed by atoms with van der Waals surface area (Å²) in [5, 5.41) is 20.8. The first-order valence-electron chi connectivity index (χ1n) is 6.36. The van der Waals surface area contributed by atoms with Crippen LogP contribution in [0.1, 0.15) is 26.7 Å². The van der Waals surface area contributed by atoms with Gasteiger partial charge in [-0.2, -0.15) is 0 Å². The predicted octanol–water partition coefficient (Wildman–Crippen LogP) is 3.24. The van der Waals surface area contributed by atoms with E-state index in [1.807, 2.05) is 18.7 Å². The molecule has 0 aromatic heterocycles. The number of nitrogens with zero attached hydrogens (tertiary/aromatic N) is 2. The van der Waals surface area contributed by atoms with Gasteiger partial charge in [0.2, 0.25) is 0 Å². The smallest absolute Gasteiger partial charge is 0.292 e. The van der Waals surface area contributed by atoms with E-state index in [4.69, 9.17) is 11.6 Å². The zero-order valence-electron chi connectivity index (χ0n) is 11.2. The van der Waals surface area contributed by atoms with E-state index in [2.05, 4.69) is 0 Å². The van der Waals surface area contributed by atoms with E-state index in [0.29, 0.717) is 17.3 Å². The molecule has 0 aliphatic heterocycles. The van der Waals surface area contributed by atoms with Gasteiger partial charge in [-0.3, -0.25) is 10.1 Å². The Labute approximate surface area is 117 Å². The Hall–Kier alpha value is -1.33. The Morgan fingerprint density at radius 2 is 2.05 bits per heavy atom. The van der Waals surface area contributed by atoms with E-state index in [1.165, 1.54) is 12.1 Å². The summed E-state index contributed by atoms with van der Waals surface area (Å²) in [5.74, 6) is 0. The lowest BCUT2D eigenvalue weighted by atomic mass is 10.1. The van der Waals surface area contributed by atoms with E-state index >= 15 is 0 Å². The average Bonchev–Trinajstić information content (AvgIpc) is 2.38. The molecule has 5 nitrogen and oxygen atoms in total. The molecule has 106 valence electrons. The number of rotatable bonds is 7. The van der Waals surface area contributed by atoms with Crippen molar-refractivity contribution in [3.63, 3.8) is 0 Å². The van der Waals surface area contributed by atoms with Gasteiger partial charge in [-0.15, -0.1) is 0 Å². The minimum Gasteiger partial charge on any atom is -0.395 e. The van der Waals surface area contributed by atoms with Crippen molar-refractivity contribution in [3.8, 4) is 0 Å². The first-order chi connectivity index (χ1) is 9.04. The highest BCUT2D eigenvalue weighted by atomic mass is 35.5. The summed E-state index contributed by atoms with van der Waals surface area (Å²) < 4.78 is 0. The minimum absolute atomic E-state index is 0.0183. The molecule has 0 atom stereocenters. The molecule has 6 heteroatoms. The average molecular weight is 287 g/mol. The molecular formula is C13H19ClN2O3. The van der Waals surface area contributed by atoms with Gasteiger partial charge in [-0.1, -0.05) is 25.4 Å². The van der Waals surface area contributed by atoms with Crippen molar-refractivity contribution in [1.29, 1.82) is 0 Å². The Morgan fingerprint density at radius 3 is 2.53 bits per heavy atom. The Kier molecular flexibility index (Phi) is 6.05. The molecule has 0 aliphatic rings. The number of benzene rings is 1. The predicted molar refractivity (Wildman–Crippen MR) is 76.9 cm³/mol. The number of aliphatic hydroxyl groups is 1. The van der Waals surface area contributed by atoms with E-state index in [9.17, 15) is 15.2 Å². The van der Waals surface area contributed by atoms with Crippen LogP contribution in [0.4, 0.5) is 11.4 Å². The maximum atomic E-state index is 11.1. The number of nitro benzene ring substituents is 1. The van der Waals surface area contributed by atoms with Gasteiger partial charge < -0.3 is 10.0 Å². The highest BCUT2D eigenvalue weighted by Gasteiger charge is 2.23. The van der Waals surface area contributed by atoms with Crippen LogP contribution in [0.5, 0.6) is 0 Å². The van der Waals surface area contributed by atoms with Crippen LogP contribution >= 0.6 is 11.6 Å². The third-order valence-corrected chi connectivity index (χ3v) is 3.40. The van der Waals surface area contributed by atoms with Crippen LogP contribution in [0, 0.1) is 10.1 Å². The Balaban J connectivity index is 3.27. The van der Waals surface area contributed by atoms with Gasteiger partial charge in [-0.25, -0.2) is 0 Å². The van der Waals surface area contributed by atoms with Gasteiger partial charge in [0.05, 0.1) is 11.5 Å². The molecule has 0 radical (unpaired) electrons. The van der Waals surface area contributed by atoms with Crippen molar-refractivity contribution < 1.29 is 10.0 Å². The fourth-order valence-corrected chi connectivity index (χ4v) is 2.38. The molecule has 1 aromatic carbocycles. The Bertz CT molecular complexity index is 436. The van der Waals surface area contributed by atoms with Gasteiger partial charge in [0.1, 0.15) is 5.69 Å². The minimum atomic E-state index is -0.418. The summed E-state index contributed by atoms with van der Waals surface area (Å²) in [5.41, 5.74) is 0.491. The lowest BCUT2D eigenvalue weighted by Gasteiger charge is -2.31. The second-order valence-corrected chi connectivity index (χ2v) is 4.71. The number of hydrogen-bond acceptors (Lipinski definition) is 4. The number of nitro groups is 1. The van der Waals surface area contributed by atoms with Crippen LogP contribution in [0.2, 0.25) is 5.02 Å². The molecular weight excluding hydrogens is 268 g/mol. The van der Waals surface area contributed by atoms with Crippen molar-refractivity contribution in [1.82, 2.24) is 0 Å². The van der Waals surface area contributed by atoms with Crippen LogP contribution in [0.25, 0.3) is 0 Å². The summed E-state index contributed by atoms with van der Waals surface area (Å²) in [7, 11) is 0. The number of anilines is 1. The lowest BCUT2D eigenvalue weighted by molar-refractivity contribution is -0.384. The number of hydrogen-bond donors (Lipinski definition) is 1. The maximum absolute atomic E-state index is 11.1. The van der Waals surface area contributed by atoms with E-state index in [0.717, 1.165) is 12.8 Å². The molecule has 19 heavy (non-hydrogen) atoms. The molecule has 1 aromatic rings. The molecule has 0 bridgehead atoms. The molecule has 0 aliphatic carbocycles. The van der Waals surface area contributed by atoms with Crippen molar-refractivity contribution in [2.24, 2.45) is 0 Å². The van der Waals surface area contributed by atoms with Crippen LogP contribution in [-0.2, 0) is 0 Å². The van der Waals surface area contributed by atoms with Crippen LogP contribution in [0.3, 0.4) is 0 Å². The molecule has 0 unspecified atom stereocenters. The molecule has 1 rings (SSSR count). The standard InChI is InChI=1S/C13H19ClN2O3/c1-3-11(4-2)15(7-8-17)13-9-10(14)5-6-12(13)16(18)19/h5-6,9,11,17H,3-4,7-8H2,1-2H3. The second-order valence-electron chi connectivity index (χ2n) is 4.28. The van der Waals surface area contributed by atoms with E-state index < -0.39 is 4.92 Å². The third kappa shape index (κ3) is 3.81. The van der Waals surface area contributed by atoms with Crippen LogP contribution in [0.15, 0.2) is 18.2 Å². The molecule has 0 saturated heterocycles. The zero-order chi connectivity index (χ0) is 14.4.